The van der Waals surface area contributed by atoms with Gasteiger partial charge in [-0.1, -0.05) is 13.0 Å². The fourth-order valence-electron chi connectivity index (χ4n) is 1.65. The van der Waals surface area contributed by atoms with Gasteiger partial charge in [-0.15, -0.1) is 0 Å². The van der Waals surface area contributed by atoms with E-state index in [4.69, 9.17) is 10.5 Å². The lowest BCUT2D eigenvalue weighted by Gasteiger charge is -2.10. The summed E-state index contributed by atoms with van der Waals surface area (Å²) in [6, 6.07) is 6.40. The van der Waals surface area contributed by atoms with E-state index in [1.165, 1.54) is 11.3 Å². The summed E-state index contributed by atoms with van der Waals surface area (Å²) in [4.78, 5) is 0. The van der Waals surface area contributed by atoms with Crippen molar-refractivity contribution in [3.63, 3.8) is 0 Å². The number of rotatable bonds is 8. The molecule has 0 saturated heterocycles. The Morgan fingerprint density at radius 1 is 1.44 bits per heavy atom. The average molecular weight is 332 g/mol. The summed E-state index contributed by atoms with van der Waals surface area (Å²) in [5.41, 5.74) is 7.03. The zero-order chi connectivity index (χ0) is 13.4. The molecule has 4 heteroatoms. The van der Waals surface area contributed by atoms with E-state index < -0.39 is 0 Å². The third kappa shape index (κ3) is 6.12. The number of benzene rings is 1. The van der Waals surface area contributed by atoms with Gasteiger partial charge in [0.15, 0.2) is 0 Å². The molecule has 0 heterocycles. The highest BCUT2D eigenvalue weighted by atomic mass is 79.9. The third-order valence-corrected chi connectivity index (χ3v) is 4.05. The van der Waals surface area contributed by atoms with E-state index in [-0.39, 0.29) is 6.04 Å². The van der Waals surface area contributed by atoms with Crippen molar-refractivity contribution in [3.05, 3.63) is 28.2 Å². The Morgan fingerprint density at radius 3 is 2.83 bits per heavy atom. The average Bonchev–Trinajstić information content (AvgIpc) is 2.30. The lowest BCUT2D eigenvalue weighted by atomic mass is 10.1. The first-order valence-corrected chi connectivity index (χ1v) is 8.32. The van der Waals surface area contributed by atoms with Gasteiger partial charge in [-0.3, -0.25) is 0 Å². The lowest BCUT2D eigenvalue weighted by molar-refractivity contribution is 0.316. The van der Waals surface area contributed by atoms with E-state index in [0.29, 0.717) is 0 Å². The Morgan fingerprint density at radius 2 is 2.22 bits per heavy atom. The number of halogens is 1. The quantitative estimate of drug-likeness (QED) is 0.734. The summed E-state index contributed by atoms with van der Waals surface area (Å²) in [5.74, 6) is 3.26. The molecule has 0 aliphatic rings. The second-order valence-corrected chi connectivity index (χ2v) is 6.59. The Labute approximate surface area is 123 Å². The number of nitrogens with two attached hydrogens (primary N) is 1. The van der Waals surface area contributed by atoms with Crippen LogP contribution in [0.15, 0.2) is 22.7 Å². The summed E-state index contributed by atoms with van der Waals surface area (Å²) in [6.07, 6.45) is 1.98. The van der Waals surface area contributed by atoms with Crippen LogP contribution in [0, 0.1) is 0 Å². The van der Waals surface area contributed by atoms with Crippen LogP contribution < -0.4 is 10.5 Å². The first-order chi connectivity index (χ1) is 8.63. The van der Waals surface area contributed by atoms with Crippen molar-refractivity contribution in [1.29, 1.82) is 0 Å². The molecule has 102 valence electrons. The van der Waals surface area contributed by atoms with E-state index in [0.717, 1.165) is 35.4 Å². The summed E-state index contributed by atoms with van der Waals surface area (Å²) in [6.45, 7) is 4.97. The van der Waals surface area contributed by atoms with Crippen LogP contribution in [-0.4, -0.2) is 24.2 Å². The topological polar surface area (TPSA) is 35.2 Å². The minimum atomic E-state index is 0.190. The van der Waals surface area contributed by atoms with Crippen LogP contribution in [0.25, 0.3) is 0 Å². The fraction of sp³-hybridized carbons (Fsp3) is 0.571. The van der Waals surface area contributed by atoms with Gasteiger partial charge in [-0.2, -0.15) is 11.8 Å². The molecule has 1 aromatic rings. The number of thioether (sulfide) groups is 1. The Hall–Kier alpha value is -0.190. The minimum absolute atomic E-state index is 0.190. The SMILES string of the molecule is CCSCCCOc1ccc(CC(C)N)cc1Br. The Balaban J connectivity index is 2.42. The minimum Gasteiger partial charge on any atom is -0.492 e. The number of ether oxygens (including phenoxy) is 1. The highest BCUT2D eigenvalue weighted by molar-refractivity contribution is 9.10. The van der Waals surface area contributed by atoms with Gasteiger partial charge in [0, 0.05) is 6.04 Å². The lowest BCUT2D eigenvalue weighted by Crippen LogP contribution is -2.17. The molecule has 1 aromatic carbocycles. The van der Waals surface area contributed by atoms with Crippen LogP contribution in [-0.2, 0) is 6.42 Å². The monoisotopic (exact) mass is 331 g/mol. The molecule has 2 N–H and O–H groups in total. The predicted molar refractivity (Wildman–Crippen MR) is 84.6 cm³/mol. The Bertz CT molecular complexity index is 358. The second kappa shape index (κ2) is 8.83. The molecule has 0 bridgehead atoms. The highest BCUT2D eigenvalue weighted by Crippen LogP contribution is 2.26. The van der Waals surface area contributed by atoms with Gasteiger partial charge in [-0.25, -0.2) is 0 Å². The molecule has 2 nitrogen and oxygen atoms in total. The second-order valence-electron chi connectivity index (χ2n) is 4.35. The molecule has 1 rings (SSSR count). The van der Waals surface area contributed by atoms with Crippen LogP contribution in [0.1, 0.15) is 25.8 Å². The van der Waals surface area contributed by atoms with Crippen molar-refractivity contribution in [2.45, 2.75) is 32.7 Å². The van der Waals surface area contributed by atoms with Crippen molar-refractivity contribution in [3.8, 4) is 5.75 Å². The van der Waals surface area contributed by atoms with E-state index in [1.54, 1.807) is 0 Å². The first kappa shape index (κ1) is 15.9. The molecule has 1 unspecified atom stereocenters. The van der Waals surface area contributed by atoms with Crippen molar-refractivity contribution in [1.82, 2.24) is 0 Å². The van der Waals surface area contributed by atoms with Crippen LogP contribution in [0.5, 0.6) is 5.75 Å². The zero-order valence-corrected chi connectivity index (χ0v) is 13.5. The van der Waals surface area contributed by atoms with Crippen LogP contribution >= 0.6 is 27.7 Å². The zero-order valence-electron chi connectivity index (χ0n) is 11.1. The van der Waals surface area contributed by atoms with Gasteiger partial charge in [0.1, 0.15) is 5.75 Å². The standard InChI is InChI=1S/C14H22BrNOS/c1-3-18-8-4-7-17-14-6-5-12(9-11(2)16)10-13(14)15/h5-6,10-11H,3-4,7-9,16H2,1-2H3. The van der Waals surface area contributed by atoms with Gasteiger partial charge in [0.25, 0.3) is 0 Å². The molecule has 0 aromatic heterocycles. The molecular formula is C14H22BrNOS. The molecule has 0 saturated carbocycles. The smallest absolute Gasteiger partial charge is 0.133 e. The molecular weight excluding hydrogens is 310 g/mol. The van der Waals surface area contributed by atoms with E-state index in [1.807, 2.05) is 24.8 Å². The Kier molecular flexibility index (Phi) is 7.79. The van der Waals surface area contributed by atoms with Crippen molar-refractivity contribution < 1.29 is 4.74 Å². The number of hydrogen-bond acceptors (Lipinski definition) is 3. The summed E-state index contributed by atoms with van der Waals surface area (Å²) in [5, 5.41) is 0. The van der Waals surface area contributed by atoms with Crippen LogP contribution in [0.4, 0.5) is 0 Å². The van der Waals surface area contributed by atoms with Crippen LogP contribution in [0.2, 0.25) is 0 Å². The van der Waals surface area contributed by atoms with Gasteiger partial charge < -0.3 is 10.5 Å². The van der Waals surface area contributed by atoms with Gasteiger partial charge >= 0.3 is 0 Å². The predicted octanol–water partition coefficient (Wildman–Crippen LogP) is 3.86. The third-order valence-electron chi connectivity index (χ3n) is 2.45. The molecule has 0 aliphatic heterocycles. The number of hydrogen-bond donors (Lipinski definition) is 1. The summed E-state index contributed by atoms with van der Waals surface area (Å²) in [7, 11) is 0. The van der Waals surface area contributed by atoms with Gasteiger partial charge in [0.2, 0.25) is 0 Å². The largest absolute Gasteiger partial charge is 0.492 e. The molecule has 0 radical (unpaired) electrons. The molecule has 0 aliphatic carbocycles. The summed E-state index contributed by atoms with van der Waals surface area (Å²) < 4.78 is 6.77. The van der Waals surface area contributed by atoms with Crippen LogP contribution in [0.3, 0.4) is 0 Å². The molecule has 18 heavy (non-hydrogen) atoms. The van der Waals surface area contributed by atoms with E-state index >= 15 is 0 Å². The van der Waals surface area contributed by atoms with E-state index in [2.05, 4.69) is 35.0 Å². The van der Waals surface area contributed by atoms with Crippen molar-refractivity contribution >= 4 is 27.7 Å². The van der Waals surface area contributed by atoms with Gasteiger partial charge in [-0.05, 0) is 64.9 Å². The van der Waals surface area contributed by atoms with Crippen molar-refractivity contribution in [2.24, 2.45) is 5.73 Å². The maximum absolute atomic E-state index is 5.79. The normalized spacial score (nSPS) is 12.4. The maximum Gasteiger partial charge on any atom is 0.133 e. The highest BCUT2D eigenvalue weighted by Gasteiger charge is 2.04. The molecule has 0 spiro atoms. The molecule has 1 atom stereocenters. The van der Waals surface area contributed by atoms with E-state index in [9.17, 15) is 0 Å². The van der Waals surface area contributed by atoms with Gasteiger partial charge in [0.05, 0.1) is 11.1 Å². The first-order valence-electron chi connectivity index (χ1n) is 6.38. The van der Waals surface area contributed by atoms with Crippen molar-refractivity contribution in [2.75, 3.05) is 18.1 Å². The maximum atomic E-state index is 5.79. The molecule has 0 fully saturated rings. The summed E-state index contributed by atoms with van der Waals surface area (Å²) >= 11 is 5.50. The molecule has 0 amide bonds. The fourth-order valence-corrected chi connectivity index (χ4v) is 2.80.